The molecule has 7 heteroatoms. The second-order valence-electron chi connectivity index (χ2n) is 5.18. The van der Waals surface area contributed by atoms with Crippen molar-refractivity contribution in [2.75, 3.05) is 13.7 Å². The van der Waals surface area contributed by atoms with Crippen molar-refractivity contribution in [2.45, 2.75) is 18.9 Å². The monoisotopic (exact) mass is 307 g/mol. The lowest BCUT2D eigenvalue weighted by molar-refractivity contribution is -0.141. The fourth-order valence-electron chi connectivity index (χ4n) is 2.62. The van der Waals surface area contributed by atoms with Crippen molar-refractivity contribution in [3.63, 3.8) is 0 Å². The molecule has 0 aliphatic carbocycles. The topological polar surface area (TPSA) is 104 Å². The molecule has 0 aromatic heterocycles. The molecule has 1 fully saturated rings. The van der Waals surface area contributed by atoms with E-state index in [1.807, 2.05) is 0 Å². The minimum Gasteiger partial charge on any atom is -0.497 e. The predicted molar refractivity (Wildman–Crippen MR) is 75.4 cm³/mol. The number of carboxylic acids is 2. The summed E-state index contributed by atoms with van der Waals surface area (Å²) >= 11 is 0. The number of nitrogens with zero attached hydrogens (tertiary/aromatic N) is 1. The molecule has 0 saturated carbocycles. The smallest absolute Gasteiger partial charge is 0.308 e. The van der Waals surface area contributed by atoms with E-state index in [-0.39, 0.29) is 25.3 Å². The van der Waals surface area contributed by atoms with Gasteiger partial charge in [0.05, 0.1) is 25.5 Å². The van der Waals surface area contributed by atoms with Gasteiger partial charge >= 0.3 is 11.9 Å². The van der Waals surface area contributed by atoms with E-state index in [1.54, 1.807) is 24.3 Å². The number of ether oxygens (including phenoxy) is 1. The molecule has 2 N–H and O–H groups in total. The normalized spacial score (nSPS) is 19.0. The summed E-state index contributed by atoms with van der Waals surface area (Å²) in [5.41, 5.74) is 0.612. The number of hydrogen-bond acceptors (Lipinski definition) is 4. The molecule has 1 aliphatic rings. The first-order valence-corrected chi connectivity index (χ1v) is 6.80. The highest BCUT2D eigenvalue weighted by atomic mass is 16.5. The summed E-state index contributed by atoms with van der Waals surface area (Å²) in [6.07, 6.45) is -0.388. The van der Waals surface area contributed by atoms with Crippen LogP contribution in [0.15, 0.2) is 24.3 Å². The van der Waals surface area contributed by atoms with Gasteiger partial charge < -0.3 is 19.8 Å². The van der Waals surface area contributed by atoms with Gasteiger partial charge in [-0.2, -0.15) is 0 Å². The third-order valence-electron chi connectivity index (χ3n) is 3.73. The van der Waals surface area contributed by atoms with Crippen molar-refractivity contribution in [3.05, 3.63) is 29.8 Å². The molecule has 0 spiro atoms. The van der Waals surface area contributed by atoms with Gasteiger partial charge in [-0.15, -0.1) is 0 Å². The number of carbonyl (C=O) groups is 3. The van der Waals surface area contributed by atoms with E-state index in [0.717, 1.165) is 0 Å². The SMILES string of the molecule is COc1cccc(C(CC(=O)O)N2CC(C(=O)O)CC2=O)c1. The Kier molecular flexibility index (Phi) is 4.65. The van der Waals surface area contributed by atoms with Crippen molar-refractivity contribution >= 4 is 17.8 Å². The van der Waals surface area contributed by atoms with Gasteiger partial charge in [-0.25, -0.2) is 0 Å². The van der Waals surface area contributed by atoms with Gasteiger partial charge in [0.15, 0.2) is 0 Å². The molecule has 1 saturated heterocycles. The zero-order valence-corrected chi connectivity index (χ0v) is 12.1. The number of amides is 1. The summed E-state index contributed by atoms with van der Waals surface area (Å²) < 4.78 is 5.11. The number of methoxy groups -OCH3 is 1. The molecular formula is C15H17NO6. The third kappa shape index (κ3) is 3.36. The maximum atomic E-state index is 12.1. The quantitative estimate of drug-likeness (QED) is 0.817. The Morgan fingerprint density at radius 2 is 2.14 bits per heavy atom. The second-order valence-corrected chi connectivity index (χ2v) is 5.18. The highest BCUT2D eigenvalue weighted by Crippen LogP contribution is 2.32. The fraction of sp³-hybridized carbons (Fsp3) is 0.400. The van der Waals surface area contributed by atoms with Crippen molar-refractivity contribution in [1.29, 1.82) is 0 Å². The molecule has 1 aromatic rings. The Morgan fingerprint density at radius 1 is 1.41 bits per heavy atom. The highest BCUT2D eigenvalue weighted by molar-refractivity contribution is 5.86. The van der Waals surface area contributed by atoms with Crippen LogP contribution in [0.1, 0.15) is 24.4 Å². The molecular weight excluding hydrogens is 290 g/mol. The number of carbonyl (C=O) groups excluding carboxylic acids is 1. The highest BCUT2D eigenvalue weighted by Gasteiger charge is 2.39. The van der Waals surface area contributed by atoms with Crippen LogP contribution in [0.5, 0.6) is 5.75 Å². The lowest BCUT2D eigenvalue weighted by Crippen LogP contribution is -2.32. The Morgan fingerprint density at radius 3 is 2.68 bits per heavy atom. The van der Waals surface area contributed by atoms with Gasteiger partial charge in [-0.05, 0) is 17.7 Å². The summed E-state index contributed by atoms with van der Waals surface area (Å²) in [5.74, 6) is -2.69. The minimum absolute atomic E-state index is 0.0172. The van der Waals surface area contributed by atoms with Crippen LogP contribution in [0.3, 0.4) is 0 Å². The number of hydrogen-bond donors (Lipinski definition) is 2. The maximum absolute atomic E-state index is 12.1. The number of carboxylic acid groups (broad SMARTS) is 2. The van der Waals surface area contributed by atoms with Gasteiger partial charge in [-0.3, -0.25) is 14.4 Å². The molecule has 0 bridgehead atoms. The molecule has 0 radical (unpaired) electrons. The Bertz CT molecular complexity index is 599. The first kappa shape index (κ1) is 15.8. The Balaban J connectivity index is 2.31. The molecule has 1 amide bonds. The lowest BCUT2D eigenvalue weighted by atomic mass is 10.0. The minimum atomic E-state index is -1.06. The van der Waals surface area contributed by atoms with Crippen LogP contribution in [0, 0.1) is 5.92 Å². The molecule has 1 heterocycles. The molecule has 1 aliphatic heterocycles. The predicted octanol–water partition coefficient (Wildman–Crippen LogP) is 1.14. The van der Waals surface area contributed by atoms with Crippen LogP contribution < -0.4 is 4.74 Å². The van der Waals surface area contributed by atoms with Gasteiger partial charge in [0, 0.05) is 13.0 Å². The van der Waals surface area contributed by atoms with E-state index in [0.29, 0.717) is 11.3 Å². The Hall–Kier alpha value is -2.57. The van der Waals surface area contributed by atoms with Crippen molar-refractivity contribution in [2.24, 2.45) is 5.92 Å². The van der Waals surface area contributed by atoms with Crippen LogP contribution >= 0.6 is 0 Å². The number of aliphatic carboxylic acids is 2. The molecule has 2 atom stereocenters. The summed E-state index contributed by atoms with van der Waals surface area (Å²) in [6.45, 7) is 0.0172. The van der Waals surface area contributed by atoms with E-state index in [2.05, 4.69) is 0 Å². The van der Waals surface area contributed by atoms with E-state index in [4.69, 9.17) is 14.9 Å². The van der Waals surface area contributed by atoms with E-state index < -0.39 is 23.9 Å². The van der Waals surface area contributed by atoms with Crippen molar-refractivity contribution in [1.82, 2.24) is 4.90 Å². The maximum Gasteiger partial charge on any atom is 0.308 e. The van der Waals surface area contributed by atoms with Crippen molar-refractivity contribution < 1.29 is 29.3 Å². The zero-order valence-electron chi connectivity index (χ0n) is 12.1. The summed E-state index contributed by atoms with van der Waals surface area (Å²) in [7, 11) is 1.49. The molecule has 2 rings (SSSR count). The van der Waals surface area contributed by atoms with Gasteiger partial charge in [0.1, 0.15) is 5.75 Å². The Labute approximate surface area is 127 Å². The number of rotatable bonds is 6. The average molecular weight is 307 g/mol. The molecule has 118 valence electrons. The second kappa shape index (κ2) is 6.46. The zero-order chi connectivity index (χ0) is 16.3. The van der Waals surface area contributed by atoms with Gasteiger partial charge in [0.25, 0.3) is 0 Å². The number of likely N-dealkylation sites (tertiary alicyclic amines) is 1. The van der Waals surface area contributed by atoms with Crippen LogP contribution in [0.25, 0.3) is 0 Å². The molecule has 2 unspecified atom stereocenters. The van der Waals surface area contributed by atoms with Crippen LogP contribution in [0.4, 0.5) is 0 Å². The van der Waals surface area contributed by atoms with E-state index in [1.165, 1.54) is 12.0 Å². The first-order chi connectivity index (χ1) is 10.4. The lowest BCUT2D eigenvalue weighted by Gasteiger charge is -2.27. The number of benzene rings is 1. The van der Waals surface area contributed by atoms with Crippen LogP contribution in [-0.4, -0.2) is 46.6 Å². The first-order valence-electron chi connectivity index (χ1n) is 6.80. The van der Waals surface area contributed by atoms with Crippen LogP contribution in [0.2, 0.25) is 0 Å². The van der Waals surface area contributed by atoms with E-state index >= 15 is 0 Å². The molecule has 1 aromatic carbocycles. The summed E-state index contributed by atoms with van der Waals surface area (Å²) in [5, 5.41) is 18.2. The average Bonchev–Trinajstić information content (AvgIpc) is 2.86. The largest absolute Gasteiger partial charge is 0.497 e. The third-order valence-corrected chi connectivity index (χ3v) is 3.73. The summed E-state index contributed by atoms with van der Waals surface area (Å²) in [4.78, 5) is 35.6. The van der Waals surface area contributed by atoms with Gasteiger partial charge in [-0.1, -0.05) is 12.1 Å². The molecule has 7 nitrogen and oxygen atoms in total. The van der Waals surface area contributed by atoms with Gasteiger partial charge in [0.2, 0.25) is 5.91 Å². The van der Waals surface area contributed by atoms with Crippen molar-refractivity contribution in [3.8, 4) is 5.75 Å². The standard InChI is InChI=1S/C15H17NO6/c1-22-11-4-2-3-9(5-11)12(7-14(18)19)16-8-10(15(20)21)6-13(16)17/h2-5,10,12H,6-8H2,1H3,(H,18,19)(H,20,21). The molecule has 22 heavy (non-hydrogen) atoms. The van der Waals surface area contributed by atoms with Crippen LogP contribution in [-0.2, 0) is 14.4 Å². The van der Waals surface area contributed by atoms with E-state index in [9.17, 15) is 14.4 Å². The fourth-order valence-corrected chi connectivity index (χ4v) is 2.62. The summed E-state index contributed by atoms with van der Waals surface area (Å²) in [6, 6.07) is 6.09.